The van der Waals surface area contributed by atoms with Crippen molar-refractivity contribution >= 4 is 33.3 Å². The fourth-order valence-electron chi connectivity index (χ4n) is 4.28. The zero-order chi connectivity index (χ0) is 20.7. The molecule has 1 aliphatic heterocycles. The van der Waals surface area contributed by atoms with E-state index in [1.165, 1.54) is 22.2 Å². The highest BCUT2D eigenvalue weighted by Crippen LogP contribution is 2.41. The van der Waals surface area contributed by atoms with Gasteiger partial charge in [0.1, 0.15) is 10.6 Å². The predicted octanol–water partition coefficient (Wildman–Crippen LogP) is 2.45. The summed E-state index contributed by atoms with van der Waals surface area (Å²) in [6.45, 7) is 3.93. The van der Waals surface area contributed by atoms with Crippen molar-refractivity contribution in [3.8, 4) is 11.4 Å². The van der Waals surface area contributed by atoms with Crippen LogP contribution in [0.3, 0.4) is 0 Å². The van der Waals surface area contributed by atoms with E-state index in [1.807, 2.05) is 43.8 Å². The summed E-state index contributed by atoms with van der Waals surface area (Å²) in [7, 11) is 3.63. The summed E-state index contributed by atoms with van der Waals surface area (Å²) in [4.78, 5) is 35.1. The summed E-state index contributed by atoms with van der Waals surface area (Å²) < 4.78 is 0. The summed E-state index contributed by atoms with van der Waals surface area (Å²) in [6.07, 6.45) is 7.10. The third kappa shape index (κ3) is 3.54. The fourth-order valence-corrected chi connectivity index (χ4v) is 5.54. The van der Waals surface area contributed by atoms with Crippen molar-refractivity contribution in [3.05, 3.63) is 35.0 Å². The largest absolute Gasteiger partial charge is 0.353 e. The zero-order valence-corrected chi connectivity index (χ0v) is 18.3. The van der Waals surface area contributed by atoms with Gasteiger partial charge in [-0.05, 0) is 37.0 Å². The van der Waals surface area contributed by atoms with Gasteiger partial charge in [-0.3, -0.25) is 14.7 Å². The molecular weight excluding hydrogens is 396 g/mol. The minimum absolute atomic E-state index is 0.155. The molecule has 0 aromatic carbocycles. The molecule has 0 spiro atoms. The number of carbonyl (C=O) groups is 1. The number of piperazine rings is 1. The van der Waals surface area contributed by atoms with Gasteiger partial charge in [0, 0.05) is 63.1 Å². The Kier molecular flexibility index (Phi) is 5.12. The second kappa shape index (κ2) is 7.92. The van der Waals surface area contributed by atoms with E-state index in [0.29, 0.717) is 6.54 Å². The van der Waals surface area contributed by atoms with Gasteiger partial charge >= 0.3 is 0 Å². The van der Waals surface area contributed by atoms with Crippen molar-refractivity contribution in [1.29, 1.82) is 0 Å². The van der Waals surface area contributed by atoms with Crippen LogP contribution in [0.25, 0.3) is 21.6 Å². The summed E-state index contributed by atoms with van der Waals surface area (Å²) in [5.74, 6) is 1.95. The first-order valence-electron chi connectivity index (χ1n) is 10.5. The van der Waals surface area contributed by atoms with Crippen molar-refractivity contribution in [2.45, 2.75) is 19.3 Å². The number of anilines is 1. The number of nitrogens with zero attached hydrogens (tertiary/aromatic N) is 6. The number of hydrogen-bond donors (Lipinski definition) is 0. The molecule has 0 unspecified atom stereocenters. The molecule has 0 atom stereocenters. The number of thiophene rings is 1. The van der Waals surface area contributed by atoms with Crippen LogP contribution in [0.4, 0.5) is 5.82 Å². The van der Waals surface area contributed by atoms with E-state index < -0.39 is 0 Å². The minimum Gasteiger partial charge on any atom is -0.353 e. The van der Waals surface area contributed by atoms with Gasteiger partial charge in [-0.1, -0.05) is 0 Å². The highest BCUT2D eigenvalue weighted by Gasteiger charge is 2.27. The third-order valence-corrected chi connectivity index (χ3v) is 7.18. The Labute approximate surface area is 180 Å². The summed E-state index contributed by atoms with van der Waals surface area (Å²) in [6, 6.07) is 3.95. The van der Waals surface area contributed by atoms with Crippen LogP contribution in [-0.4, -0.2) is 77.5 Å². The number of fused-ring (bicyclic) bond motifs is 3. The third-order valence-electron chi connectivity index (χ3n) is 5.99. The second-order valence-electron chi connectivity index (χ2n) is 8.20. The maximum atomic E-state index is 12.1. The smallest absolute Gasteiger partial charge is 0.236 e. The van der Waals surface area contributed by atoms with Crippen molar-refractivity contribution in [2.24, 2.45) is 0 Å². The van der Waals surface area contributed by atoms with E-state index in [-0.39, 0.29) is 5.91 Å². The van der Waals surface area contributed by atoms with Crippen LogP contribution < -0.4 is 4.90 Å². The number of aromatic nitrogens is 3. The van der Waals surface area contributed by atoms with Gasteiger partial charge in [0.25, 0.3) is 0 Å². The molecule has 1 saturated heterocycles. The van der Waals surface area contributed by atoms with Gasteiger partial charge in [-0.15, -0.1) is 11.3 Å². The predicted molar refractivity (Wildman–Crippen MR) is 120 cm³/mol. The first-order chi connectivity index (χ1) is 14.6. The molecule has 8 heteroatoms. The van der Waals surface area contributed by atoms with Gasteiger partial charge in [-0.25, -0.2) is 9.97 Å². The van der Waals surface area contributed by atoms with E-state index in [2.05, 4.69) is 14.8 Å². The second-order valence-corrected chi connectivity index (χ2v) is 9.29. The average molecular weight is 423 g/mol. The molecule has 156 valence electrons. The van der Waals surface area contributed by atoms with Crippen molar-refractivity contribution in [1.82, 2.24) is 24.8 Å². The lowest BCUT2D eigenvalue weighted by Crippen LogP contribution is -2.49. The molecule has 3 aromatic heterocycles. The fraction of sp³-hybridized carbons (Fsp3) is 0.455. The molecule has 0 radical (unpaired) electrons. The maximum absolute atomic E-state index is 12.1. The summed E-state index contributed by atoms with van der Waals surface area (Å²) >= 11 is 1.83. The Bertz CT molecular complexity index is 1070. The Morgan fingerprint density at radius 2 is 2.00 bits per heavy atom. The molecule has 0 N–H and O–H groups in total. The number of rotatable bonds is 4. The molecule has 30 heavy (non-hydrogen) atoms. The standard InChI is InChI=1S/C22H26N6OS/c1-26(2)18(29)14-27-9-11-28(12-10-27)21-19-16-6-3-7-17(16)30-22(19)25-20(24-21)15-5-4-8-23-13-15/h4-5,8,13H,3,6-7,9-12,14H2,1-2H3. The molecule has 4 heterocycles. The number of hydrogen-bond acceptors (Lipinski definition) is 7. The van der Waals surface area contributed by atoms with Crippen LogP contribution >= 0.6 is 11.3 Å². The van der Waals surface area contributed by atoms with Crippen LogP contribution in [0.15, 0.2) is 24.5 Å². The molecule has 3 aromatic rings. The van der Waals surface area contributed by atoms with E-state index >= 15 is 0 Å². The molecule has 0 saturated carbocycles. The molecule has 0 bridgehead atoms. The van der Waals surface area contributed by atoms with Crippen molar-refractivity contribution in [3.63, 3.8) is 0 Å². The van der Waals surface area contributed by atoms with Crippen LogP contribution in [0.2, 0.25) is 0 Å². The molecular formula is C22H26N6OS. The van der Waals surface area contributed by atoms with Crippen LogP contribution in [0.1, 0.15) is 16.9 Å². The molecule has 5 rings (SSSR count). The van der Waals surface area contributed by atoms with Crippen LogP contribution in [0.5, 0.6) is 0 Å². The number of carbonyl (C=O) groups excluding carboxylic acids is 1. The highest BCUT2D eigenvalue weighted by atomic mass is 32.1. The van der Waals surface area contributed by atoms with E-state index in [9.17, 15) is 4.79 Å². The average Bonchev–Trinajstić information content (AvgIpc) is 3.35. The molecule has 7 nitrogen and oxygen atoms in total. The SMILES string of the molecule is CN(C)C(=O)CN1CCN(c2nc(-c3cccnc3)nc3sc4c(c23)CCC4)CC1. The van der Waals surface area contributed by atoms with Crippen molar-refractivity contribution < 1.29 is 4.79 Å². The maximum Gasteiger partial charge on any atom is 0.236 e. The monoisotopic (exact) mass is 422 g/mol. The van der Waals surface area contributed by atoms with Crippen LogP contribution in [-0.2, 0) is 17.6 Å². The molecule has 1 amide bonds. The number of pyridine rings is 1. The topological polar surface area (TPSA) is 65.5 Å². The molecule has 2 aliphatic rings. The van der Waals surface area contributed by atoms with Crippen LogP contribution in [0, 0.1) is 0 Å². The van der Waals surface area contributed by atoms with Gasteiger partial charge in [-0.2, -0.15) is 0 Å². The number of aryl methyl sites for hydroxylation is 2. The Hall–Kier alpha value is -2.58. The Morgan fingerprint density at radius 3 is 2.73 bits per heavy atom. The lowest BCUT2D eigenvalue weighted by atomic mass is 10.1. The van der Waals surface area contributed by atoms with Gasteiger partial charge in [0.2, 0.25) is 5.91 Å². The molecule has 1 aliphatic carbocycles. The quantitative estimate of drug-likeness (QED) is 0.644. The molecule has 1 fully saturated rings. The first kappa shape index (κ1) is 19.4. The summed E-state index contributed by atoms with van der Waals surface area (Å²) in [5, 5.41) is 1.25. The number of amides is 1. The Morgan fingerprint density at radius 1 is 1.17 bits per heavy atom. The van der Waals surface area contributed by atoms with E-state index in [0.717, 1.165) is 61.1 Å². The van der Waals surface area contributed by atoms with E-state index in [1.54, 1.807) is 11.1 Å². The lowest BCUT2D eigenvalue weighted by molar-refractivity contribution is -0.129. The zero-order valence-electron chi connectivity index (χ0n) is 17.5. The van der Waals surface area contributed by atoms with E-state index in [4.69, 9.17) is 9.97 Å². The van der Waals surface area contributed by atoms with Gasteiger partial charge in [0.15, 0.2) is 5.82 Å². The Balaban J connectivity index is 1.48. The van der Waals surface area contributed by atoms with Crippen molar-refractivity contribution in [2.75, 3.05) is 51.7 Å². The van der Waals surface area contributed by atoms with Gasteiger partial charge < -0.3 is 9.80 Å². The first-order valence-corrected chi connectivity index (χ1v) is 11.3. The number of likely N-dealkylation sites (N-methyl/N-ethyl adjacent to an activating group) is 1. The highest BCUT2D eigenvalue weighted by molar-refractivity contribution is 7.19. The minimum atomic E-state index is 0.155. The normalized spacial score (nSPS) is 16.8. The van der Waals surface area contributed by atoms with Gasteiger partial charge in [0.05, 0.1) is 11.9 Å². The lowest BCUT2D eigenvalue weighted by Gasteiger charge is -2.35. The summed E-state index contributed by atoms with van der Waals surface area (Å²) in [5.41, 5.74) is 2.40.